The van der Waals surface area contributed by atoms with Gasteiger partial charge in [-0.3, -0.25) is 67.3 Å². The van der Waals surface area contributed by atoms with Crippen molar-refractivity contribution in [1.82, 2.24) is 68.4 Å². The number of aliphatic imine (C=N–C) groups is 1. The van der Waals surface area contributed by atoms with Crippen molar-refractivity contribution in [1.29, 1.82) is 0 Å². The Morgan fingerprint density at radius 3 is 1.88 bits per heavy atom. The molecule has 13 amide bonds. The number of phenols is 2. The highest BCUT2D eigenvalue weighted by molar-refractivity contribution is 8.76. The van der Waals surface area contributed by atoms with E-state index in [1.807, 2.05) is 0 Å². The van der Waals surface area contributed by atoms with Gasteiger partial charge in [0, 0.05) is 80.8 Å². The number of aliphatic hydroxyl groups excluding tert-OH is 2. The number of phenolic OH excluding ortho intramolecular Hbond substituents is 2. The number of fused-ring (bicyclic) bond motifs is 1. The molecule has 22 N–H and O–H groups in total. The number of carbonyl (C=O) groups excluding carboxylic acids is 13. The highest BCUT2D eigenvalue weighted by Crippen LogP contribution is 2.25. The maximum absolute atomic E-state index is 15.0. The molecule has 2 aliphatic rings. The number of primary amides is 1. The van der Waals surface area contributed by atoms with Crippen LogP contribution in [-0.2, 0) is 81.6 Å². The van der Waals surface area contributed by atoms with Gasteiger partial charge in [-0.25, -0.2) is 0 Å². The van der Waals surface area contributed by atoms with Crippen LogP contribution in [-0.4, -0.2) is 224 Å². The first-order valence-corrected chi connectivity index (χ1v) is 35.0. The summed E-state index contributed by atoms with van der Waals surface area (Å²) in [6, 6.07) is 1.76. The average molecular weight is 1440 g/mol. The van der Waals surface area contributed by atoms with Crippen molar-refractivity contribution in [2.45, 2.75) is 146 Å². The summed E-state index contributed by atoms with van der Waals surface area (Å²) in [6.45, 7) is 3.45. The van der Waals surface area contributed by atoms with Crippen molar-refractivity contribution >= 4 is 115 Å². The number of hydrogen-bond acceptors (Lipinski definition) is 20. The fraction of sp³-hybridized carbons (Fsp3) is 0.477. The molecule has 6 rings (SSSR count). The van der Waals surface area contributed by atoms with Gasteiger partial charge in [-0.15, -0.1) is 0 Å². The third kappa shape index (κ3) is 24.6. The topological polar surface area (TPSA) is 545 Å². The number of aromatic nitrogens is 1. The number of nitrogens with one attached hydrogen (secondary N) is 12. The summed E-state index contributed by atoms with van der Waals surface area (Å²) in [4.78, 5) is 190. The Morgan fingerprint density at radius 1 is 0.663 bits per heavy atom. The Labute approximate surface area is 588 Å². The van der Waals surface area contributed by atoms with E-state index in [2.05, 4.69) is 68.5 Å². The van der Waals surface area contributed by atoms with Gasteiger partial charge in [0.2, 0.25) is 76.8 Å². The Bertz CT molecular complexity index is 3630. The summed E-state index contributed by atoms with van der Waals surface area (Å²) in [5.41, 5.74) is 18.9. The lowest BCUT2D eigenvalue weighted by molar-refractivity contribution is -0.141. The highest BCUT2D eigenvalue weighted by atomic mass is 33.1. The summed E-state index contributed by atoms with van der Waals surface area (Å²) in [6.07, 6.45) is 0.782. The minimum atomic E-state index is -1.81. The number of para-hydroxylation sites is 1. The Morgan fingerprint density at radius 2 is 1.25 bits per heavy atom. The molecule has 2 fully saturated rings. The smallest absolute Gasteiger partial charge is 0.245 e. The Hall–Kier alpha value is -10.2. The number of hydrogen-bond donors (Lipinski definition) is 19. The number of carbonyl (C=O) groups is 13. The van der Waals surface area contributed by atoms with Crippen LogP contribution in [0.3, 0.4) is 0 Å². The minimum Gasteiger partial charge on any atom is -0.508 e. The average Bonchev–Trinajstić information content (AvgIpc) is 1.77. The van der Waals surface area contributed by atoms with Gasteiger partial charge in [0.15, 0.2) is 5.96 Å². The van der Waals surface area contributed by atoms with Crippen LogP contribution in [0.4, 0.5) is 0 Å². The van der Waals surface area contributed by atoms with Crippen LogP contribution in [0.5, 0.6) is 11.5 Å². The molecule has 548 valence electrons. The quantitative estimate of drug-likeness (QED) is 0.0172. The predicted molar refractivity (Wildman–Crippen MR) is 372 cm³/mol. The molecule has 3 heterocycles. The Kier molecular flexibility index (Phi) is 30.8. The molecule has 2 saturated heterocycles. The van der Waals surface area contributed by atoms with E-state index in [1.165, 1.54) is 67.3 Å². The molecule has 11 atom stereocenters. The van der Waals surface area contributed by atoms with E-state index in [0.717, 1.165) is 21.6 Å². The molecule has 1 aromatic heterocycles. The van der Waals surface area contributed by atoms with Crippen molar-refractivity contribution in [2.24, 2.45) is 28.1 Å². The zero-order valence-electron chi connectivity index (χ0n) is 56.1. The summed E-state index contributed by atoms with van der Waals surface area (Å²) in [5, 5.41) is 70.0. The van der Waals surface area contributed by atoms with Gasteiger partial charge in [-0.1, -0.05) is 77.9 Å². The van der Waals surface area contributed by atoms with Gasteiger partial charge in [-0.2, -0.15) is 0 Å². The molecule has 4 aromatic rings. The first-order chi connectivity index (χ1) is 48.0. The molecule has 0 spiro atoms. The van der Waals surface area contributed by atoms with Crippen LogP contribution in [0.1, 0.15) is 76.5 Å². The lowest BCUT2D eigenvalue weighted by atomic mass is 10.00. The highest BCUT2D eigenvalue weighted by Gasteiger charge is 2.40. The third-order valence-corrected chi connectivity index (χ3v) is 18.8. The number of aliphatic hydroxyl groups is 2. The van der Waals surface area contributed by atoms with Crippen LogP contribution in [0.25, 0.3) is 10.9 Å². The van der Waals surface area contributed by atoms with E-state index in [4.69, 9.17) is 17.2 Å². The Balaban J connectivity index is 1.38. The van der Waals surface area contributed by atoms with Crippen LogP contribution < -0.4 is 75.7 Å². The maximum atomic E-state index is 15.0. The second-order valence-electron chi connectivity index (χ2n) is 24.5. The lowest BCUT2D eigenvalue weighted by Gasteiger charge is -2.30. The number of benzene rings is 3. The van der Waals surface area contributed by atoms with Crippen molar-refractivity contribution in [3.8, 4) is 11.5 Å². The van der Waals surface area contributed by atoms with Gasteiger partial charge >= 0.3 is 0 Å². The first-order valence-electron chi connectivity index (χ1n) is 32.5. The molecule has 0 saturated carbocycles. The number of guanidine groups is 1. The third-order valence-electron chi connectivity index (χ3n) is 16.4. The zero-order valence-corrected chi connectivity index (χ0v) is 57.7. The number of nitrogens with zero attached hydrogens (tertiary/aromatic N) is 2. The van der Waals surface area contributed by atoms with Crippen molar-refractivity contribution in [3.05, 3.63) is 95.7 Å². The van der Waals surface area contributed by atoms with Crippen molar-refractivity contribution in [2.75, 3.05) is 44.4 Å². The first kappa shape index (κ1) is 79.8. The maximum Gasteiger partial charge on any atom is 0.245 e. The van der Waals surface area contributed by atoms with E-state index in [9.17, 15) is 82.8 Å². The molecule has 3 aromatic carbocycles. The number of likely N-dealkylation sites (tertiary alicyclic amines) is 1. The molecule has 0 bridgehead atoms. The number of amides is 13. The van der Waals surface area contributed by atoms with Gasteiger partial charge in [0.05, 0.1) is 13.2 Å². The van der Waals surface area contributed by atoms with Crippen molar-refractivity contribution in [3.63, 3.8) is 0 Å². The monoisotopic (exact) mass is 1440 g/mol. The number of aromatic amines is 1. The zero-order chi connectivity index (χ0) is 74.0. The normalized spacial score (nSPS) is 22.8. The fourth-order valence-corrected chi connectivity index (χ4v) is 13.3. The molecule has 2 aliphatic heterocycles. The van der Waals surface area contributed by atoms with Gasteiger partial charge in [0.1, 0.15) is 78.0 Å². The molecule has 0 radical (unpaired) electrons. The van der Waals surface area contributed by atoms with Crippen LogP contribution in [0, 0.1) is 5.92 Å². The van der Waals surface area contributed by atoms with Crippen LogP contribution >= 0.6 is 21.6 Å². The van der Waals surface area contributed by atoms with Crippen molar-refractivity contribution < 1.29 is 82.8 Å². The van der Waals surface area contributed by atoms with Gasteiger partial charge in [-0.05, 0) is 85.5 Å². The lowest BCUT2D eigenvalue weighted by Crippen LogP contribution is -2.61. The summed E-state index contributed by atoms with van der Waals surface area (Å²) < 4.78 is 0. The van der Waals surface area contributed by atoms with E-state index in [-0.39, 0.29) is 74.8 Å². The number of nitrogens with two attached hydrogens (primary N) is 3. The summed E-state index contributed by atoms with van der Waals surface area (Å²) in [5.74, 6) is -13.8. The van der Waals surface area contributed by atoms with E-state index < -0.39 is 181 Å². The number of H-pyrrole nitrogens is 1. The summed E-state index contributed by atoms with van der Waals surface area (Å²) >= 11 is 0. The number of aromatic hydroxyl groups is 2. The second-order valence-corrected chi connectivity index (χ2v) is 27.1. The molecular formula is C65H89N17O17S2. The predicted octanol–water partition coefficient (Wildman–Crippen LogP) is -4.43. The van der Waals surface area contributed by atoms with Crippen LogP contribution in [0.15, 0.2) is 84.0 Å². The SMILES string of the molecule is CC(=O)N[C@@H](C)C(=O)N1CCC[C@H]1C(=O)N[C@@H](Cc1ccc(O)cc1)C(=O)N[C@H]1CSSC[C@@H](C(N)=O)NC(=O)[C@H](CO)NC(=O)[C@H](Cc2c[nH]c3ccccc23)NC(=O)[C@H](CO)NC(=O)CCNC(=O)[C@H](CCCN=C(N)N)NC(=O)[C@H](Cc2ccc(O)cc2)NC(=O)[C@H](C(C)C)NC1=O. The molecule has 0 aliphatic carbocycles. The standard InChI is InChI=1S/C65H89N17O17S2/c1-33(2)53-63(98)77-45(26-37-15-19-40(87)20-16-37)56(91)74-43(11-7-22-70-65(67)68)55(90)69-23-21-52(88)73-47(29-83)59(94)75-46(27-38-28-71-42-10-6-5-9-41(38)42)58(93)78-48(30-84)60(95)79-49(54(66)89)31-100-101-32-50(61(96)81-53)80-57(92)44(25-36-13-17-39(86)18-14-36)76-62(97)51-12-8-24-82(51)64(99)34(3)72-35(4)85/h5-6,9-10,13-20,28,33-34,43-51,53,71,83-84,86-87H,7-8,11-12,21-27,29-32H2,1-4H3,(H2,66,89)(H,69,90)(H,72,85)(H,73,88)(H,74,91)(H,75,94)(H,76,97)(H,77,98)(H,78,93)(H,79,95)(H,80,92)(H,81,96)(H4,67,68,70)/t34-,43-,44-,45-,46-,47-,48-,49-,50-,51-,53-/m0/s1. The van der Waals surface area contributed by atoms with E-state index >= 15 is 0 Å². The fourth-order valence-electron chi connectivity index (χ4n) is 10.9. The molecule has 34 nitrogen and oxygen atoms in total. The second kappa shape index (κ2) is 39.0. The molecule has 101 heavy (non-hydrogen) atoms. The molecule has 0 unspecified atom stereocenters. The minimum absolute atomic E-state index is 0.0107. The molecular weight excluding hydrogens is 1350 g/mol. The summed E-state index contributed by atoms with van der Waals surface area (Å²) in [7, 11) is 1.71. The largest absolute Gasteiger partial charge is 0.508 e. The number of rotatable bonds is 20. The molecule has 36 heteroatoms. The van der Waals surface area contributed by atoms with Gasteiger partial charge in [0.25, 0.3) is 0 Å². The van der Waals surface area contributed by atoms with E-state index in [1.54, 1.807) is 44.3 Å². The van der Waals surface area contributed by atoms with Gasteiger partial charge < -0.3 is 106 Å². The van der Waals surface area contributed by atoms with E-state index in [0.29, 0.717) is 34.0 Å². The van der Waals surface area contributed by atoms with Crippen LogP contribution in [0.2, 0.25) is 0 Å².